The molecule has 5 heteroatoms. The average Bonchev–Trinajstić information content (AvgIpc) is 2.89. The Morgan fingerprint density at radius 3 is 2.60 bits per heavy atom. The van der Waals surface area contributed by atoms with Gasteiger partial charge in [0.1, 0.15) is 0 Å². The molecule has 0 saturated carbocycles. The van der Waals surface area contributed by atoms with Crippen LogP contribution in [0.4, 0.5) is 8.78 Å². The van der Waals surface area contributed by atoms with Crippen molar-refractivity contribution >= 4 is 5.91 Å². The minimum atomic E-state index is -1.02. The number of hydrogen-bond donors (Lipinski definition) is 1. The minimum absolute atomic E-state index is 0.118. The molecule has 0 aromatic heterocycles. The summed E-state index contributed by atoms with van der Waals surface area (Å²) in [5, 5.41) is 2.90. The molecule has 0 spiro atoms. The van der Waals surface area contributed by atoms with Crippen molar-refractivity contribution in [3.05, 3.63) is 71.3 Å². The van der Waals surface area contributed by atoms with Gasteiger partial charge in [-0.25, -0.2) is 8.78 Å². The van der Waals surface area contributed by atoms with E-state index in [1.165, 1.54) is 6.07 Å². The van der Waals surface area contributed by atoms with Gasteiger partial charge in [-0.05, 0) is 43.0 Å². The lowest BCUT2D eigenvalue weighted by molar-refractivity contribution is 0.0936. The number of benzene rings is 2. The molecule has 25 heavy (non-hydrogen) atoms. The first-order valence-electron chi connectivity index (χ1n) is 8.47. The van der Waals surface area contributed by atoms with Gasteiger partial charge in [-0.1, -0.05) is 30.3 Å². The van der Waals surface area contributed by atoms with Crippen molar-refractivity contribution in [3.63, 3.8) is 0 Å². The van der Waals surface area contributed by atoms with Gasteiger partial charge in [0, 0.05) is 30.7 Å². The fourth-order valence-electron chi connectivity index (χ4n) is 3.36. The van der Waals surface area contributed by atoms with Crippen LogP contribution in [0.1, 0.15) is 35.2 Å². The van der Waals surface area contributed by atoms with Crippen molar-refractivity contribution in [1.29, 1.82) is 0 Å². The summed E-state index contributed by atoms with van der Waals surface area (Å²) in [6.45, 7) is 1.78. The summed E-state index contributed by atoms with van der Waals surface area (Å²) >= 11 is 0. The molecule has 0 radical (unpaired) electrons. The molecule has 1 fully saturated rings. The van der Waals surface area contributed by atoms with Crippen molar-refractivity contribution in [2.75, 3.05) is 19.8 Å². The van der Waals surface area contributed by atoms with E-state index < -0.39 is 17.5 Å². The Hall–Kier alpha value is -2.27. The smallest absolute Gasteiger partial charge is 0.251 e. The van der Waals surface area contributed by atoms with Crippen molar-refractivity contribution in [2.45, 2.75) is 24.7 Å². The molecule has 1 aliphatic rings. The van der Waals surface area contributed by atoms with Gasteiger partial charge in [-0.2, -0.15) is 0 Å². The zero-order valence-corrected chi connectivity index (χ0v) is 13.9. The van der Waals surface area contributed by atoms with Crippen LogP contribution in [0.25, 0.3) is 0 Å². The van der Waals surface area contributed by atoms with Gasteiger partial charge in [0.25, 0.3) is 5.91 Å². The summed E-state index contributed by atoms with van der Waals surface area (Å²) in [6, 6.07) is 13.3. The third kappa shape index (κ3) is 4.04. The Morgan fingerprint density at radius 1 is 1.04 bits per heavy atom. The third-order valence-corrected chi connectivity index (χ3v) is 4.82. The summed E-state index contributed by atoms with van der Waals surface area (Å²) in [6.07, 6.45) is 2.61. The van der Waals surface area contributed by atoms with Crippen LogP contribution in [0.2, 0.25) is 0 Å². The van der Waals surface area contributed by atoms with E-state index >= 15 is 0 Å². The molecule has 3 rings (SSSR count). The van der Waals surface area contributed by atoms with Crippen LogP contribution in [0.3, 0.4) is 0 Å². The molecule has 132 valence electrons. The van der Waals surface area contributed by atoms with Crippen molar-refractivity contribution in [2.24, 2.45) is 0 Å². The molecule has 1 unspecified atom stereocenters. The Morgan fingerprint density at radius 2 is 1.84 bits per heavy atom. The van der Waals surface area contributed by atoms with Gasteiger partial charge >= 0.3 is 0 Å². The number of hydrogen-bond acceptors (Lipinski definition) is 2. The molecule has 1 atom stereocenters. The third-order valence-electron chi connectivity index (χ3n) is 4.82. The maximum absolute atomic E-state index is 13.4. The molecular weight excluding hydrogens is 324 g/mol. The Labute approximate surface area is 146 Å². The van der Waals surface area contributed by atoms with Gasteiger partial charge in [-0.15, -0.1) is 0 Å². The number of amides is 1. The van der Waals surface area contributed by atoms with Gasteiger partial charge in [0.2, 0.25) is 0 Å². The van der Waals surface area contributed by atoms with Crippen LogP contribution in [-0.2, 0) is 10.2 Å². The van der Waals surface area contributed by atoms with Crippen molar-refractivity contribution < 1.29 is 18.3 Å². The highest BCUT2D eigenvalue weighted by Gasteiger charge is 2.33. The van der Waals surface area contributed by atoms with Crippen LogP contribution in [0.5, 0.6) is 0 Å². The molecule has 1 aliphatic heterocycles. The quantitative estimate of drug-likeness (QED) is 0.914. The van der Waals surface area contributed by atoms with Gasteiger partial charge in [0.15, 0.2) is 11.6 Å². The molecule has 1 amide bonds. The second-order valence-electron chi connectivity index (χ2n) is 6.42. The monoisotopic (exact) mass is 345 g/mol. The number of ether oxygens (including phenoxy) is 1. The van der Waals surface area contributed by atoms with E-state index in [1.54, 1.807) is 0 Å². The predicted octanol–water partition coefficient (Wildman–Crippen LogP) is 3.83. The summed E-state index contributed by atoms with van der Waals surface area (Å²) in [5.41, 5.74) is 1.06. The molecule has 3 nitrogen and oxygen atoms in total. The topological polar surface area (TPSA) is 38.3 Å². The summed E-state index contributed by atoms with van der Waals surface area (Å²) in [4.78, 5) is 12.4. The molecule has 0 aliphatic carbocycles. The number of carbonyl (C=O) groups excluding carboxylic acids is 1. The fraction of sp³-hybridized carbons (Fsp3) is 0.350. The SMILES string of the molecule is O=C(NCC1(c2ccccc2)CCCOCC1)c1ccc(F)c(F)c1. The highest BCUT2D eigenvalue weighted by Crippen LogP contribution is 2.34. The van der Waals surface area contributed by atoms with E-state index in [1.807, 2.05) is 18.2 Å². The second-order valence-corrected chi connectivity index (χ2v) is 6.42. The highest BCUT2D eigenvalue weighted by molar-refractivity contribution is 5.94. The van der Waals surface area contributed by atoms with E-state index in [0.717, 1.165) is 37.0 Å². The first kappa shape index (κ1) is 17.5. The van der Waals surface area contributed by atoms with Gasteiger partial charge in [0.05, 0.1) is 0 Å². The van der Waals surface area contributed by atoms with E-state index in [9.17, 15) is 13.6 Å². The number of halogens is 2. The molecule has 0 bridgehead atoms. The van der Waals surface area contributed by atoms with E-state index in [2.05, 4.69) is 17.4 Å². The zero-order valence-electron chi connectivity index (χ0n) is 13.9. The minimum Gasteiger partial charge on any atom is -0.381 e. The van der Waals surface area contributed by atoms with Crippen LogP contribution in [0.15, 0.2) is 48.5 Å². The van der Waals surface area contributed by atoms with Gasteiger partial charge < -0.3 is 10.1 Å². The average molecular weight is 345 g/mol. The number of carbonyl (C=O) groups is 1. The summed E-state index contributed by atoms with van der Waals surface area (Å²) in [5.74, 6) is -2.38. The van der Waals surface area contributed by atoms with Crippen molar-refractivity contribution in [3.8, 4) is 0 Å². The first-order valence-corrected chi connectivity index (χ1v) is 8.47. The second kappa shape index (κ2) is 7.74. The molecule has 2 aromatic rings. The van der Waals surface area contributed by atoms with Crippen LogP contribution >= 0.6 is 0 Å². The lowest BCUT2D eigenvalue weighted by atomic mass is 9.74. The maximum Gasteiger partial charge on any atom is 0.251 e. The zero-order chi connectivity index (χ0) is 17.7. The molecule has 1 saturated heterocycles. The molecular formula is C20H21F2NO2. The summed E-state index contributed by atoms with van der Waals surface area (Å²) < 4.78 is 32.0. The van der Waals surface area contributed by atoms with E-state index in [4.69, 9.17) is 4.74 Å². The molecule has 1 N–H and O–H groups in total. The standard InChI is InChI=1S/C20H21F2NO2/c21-17-8-7-15(13-18(17)22)19(24)23-14-20(9-4-11-25-12-10-20)16-5-2-1-3-6-16/h1-3,5-8,13H,4,9-12,14H2,(H,23,24). The molecule has 2 aromatic carbocycles. The highest BCUT2D eigenvalue weighted by atomic mass is 19.2. The van der Waals surface area contributed by atoms with Crippen LogP contribution < -0.4 is 5.32 Å². The van der Waals surface area contributed by atoms with Crippen LogP contribution in [-0.4, -0.2) is 25.7 Å². The lowest BCUT2D eigenvalue weighted by Gasteiger charge is -2.33. The Balaban J connectivity index is 1.78. The predicted molar refractivity (Wildman–Crippen MR) is 91.5 cm³/mol. The summed E-state index contributed by atoms with van der Waals surface area (Å²) in [7, 11) is 0. The Bertz CT molecular complexity index is 726. The normalized spacial score (nSPS) is 20.7. The van der Waals surface area contributed by atoms with Crippen molar-refractivity contribution in [1.82, 2.24) is 5.32 Å². The van der Waals surface area contributed by atoms with E-state index in [-0.39, 0.29) is 11.0 Å². The maximum atomic E-state index is 13.4. The lowest BCUT2D eigenvalue weighted by Crippen LogP contribution is -2.41. The number of rotatable bonds is 4. The fourth-order valence-corrected chi connectivity index (χ4v) is 3.36. The number of nitrogens with one attached hydrogen (secondary N) is 1. The molecule has 1 heterocycles. The largest absolute Gasteiger partial charge is 0.381 e. The van der Waals surface area contributed by atoms with Gasteiger partial charge in [-0.3, -0.25) is 4.79 Å². The van der Waals surface area contributed by atoms with E-state index in [0.29, 0.717) is 19.8 Å². The first-order chi connectivity index (χ1) is 12.1. The van der Waals surface area contributed by atoms with Crippen LogP contribution in [0, 0.1) is 11.6 Å². The Kier molecular flexibility index (Phi) is 5.43.